The fourth-order valence-electron chi connectivity index (χ4n) is 5.10. The van der Waals surface area contributed by atoms with Crippen LogP contribution in [0.4, 0.5) is 0 Å². The van der Waals surface area contributed by atoms with E-state index in [1.54, 1.807) is 0 Å². The number of hydrogen-bond donors (Lipinski definition) is 0. The van der Waals surface area contributed by atoms with Gasteiger partial charge < -0.3 is 14.2 Å². The number of para-hydroxylation sites is 1. The minimum atomic E-state index is 0.0792. The number of aryl methyl sites for hydroxylation is 1. The van der Waals surface area contributed by atoms with Crippen LogP contribution < -0.4 is 0 Å². The molecule has 4 aromatic rings. The molecular weight excluding hydrogens is 502 g/mol. The fourth-order valence-corrected chi connectivity index (χ4v) is 5.36. The number of hydrogen-bond acceptors (Lipinski definition) is 3. The largest absolute Gasteiger partial charge is 0.379 e. The number of amides is 1. The van der Waals surface area contributed by atoms with Gasteiger partial charge in [-0.2, -0.15) is 0 Å². The van der Waals surface area contributed by atoms with Gasteiger partial charge in [-0.1, -0.05) is 40.2 Å². The third-order valence-corrected chi connectivity index (χ3v) is 7.44. The molecule has 0 N–H and O–H groups in total. The van der Waals surface area contributed by atoms with Crippen molar-refractivity contribution < 1.29 is 9.53 Å². The van der Waals surface area contributed by atoms with E-state index in [1.165, 1.54) is 21.8 Å². The van der Waals surface area contributed by atoms with Gasteiger partial charge in [0.1, 0.15) is 0 Å². The Morgan fingerprint density at radius 1 is 0.971 bits per heavy atom. The first-order valence-electron chi connectivity index (χ1n) is 12.5. The van der Waals surface area contributed by atoms with E-state index in [1.807, 2.05) is 29.2 Å². The molecule has 1 aromatic heterocycles. The Bertz CT molecular complexity index is 1310. The number of rotatable bonds is 8. The average molecular weight is 534 g/mol. The van der Waals surface area contributed by atoms with Crippen LogP contribution >= 0.6 is 15.9 Å². The Labute approximate surface area is 215 Å². The number of nitrogens with zero attached hydrogens (tertiary/aromatic N) is 3. The van der Waals surface area contributed by atoms with Crippen molar-refractivity contribution in [2.24, 2.45) is 0 Å². The number of carbonyl (C=O) groups is 1. The molecule has 1 saturated heterocycles. The summed E-state index contributed by atoms with van der Waals surface area (Å²) in [6.07, 6.45) is 0.944. The van der Waals surface area contributed by atoms with Crippen molar-refractivity contribution in [1.82, 2.24) is 14.4 Å². The summed E-state index contributed by atoms with van der Waals surface area (Å²) in [7, 11) is 0. The van der Waals surface area contributed by atoms with Crippen molar-refractivity contribution in [3.63, 3.8) is 0 Å². The Morgan fingerprint density at radius 3 is 2.49 bits per heavy atom. The van der Waals surface area contributed by atoms with Gasteiger partial charge in [0.05, 0.1) is 13.2 Å². The molecule has 182 valence electrons. The average Bonchev–Trinajstić information content (AvgIpc) is 3.22. The second-order valence-electron chi connectivity index (χ2n) is 9.15. The third-order valence-electron chi connectivity index (χ3n) is 6.91. The van der Waals surface area contributed by atoms with Gasteiger partial charge in [-0.05, 0) is 61.4 Å². The van der Waals surface area contributed by atoms with Crippen LogP contribution in [0.3, 0.4) is 0 Å². The van der Waals surface area contributed by atoms with E-state index in [9.17, 15) is 4.79 Å². The first kappa shape index (κ1) is 24.0. The predicted molar refractivity (Wildman–Crippen MR) is 146 cm³/mol. The highest BCUT2D eigenvalue weighted by Crippen LogP contribution is 2.30. The molecule has 0 bridgehead atoms. The molecule has 1 amide bonds. The van der Waals surface area contributed by atoms with Crippen LogP contribution in [0.1, 0.15) is 29.3 Å². The van der Waals surface area contributed by atoms with E-state index in [4.69, 9.17) is 4.74 Å². The van der Waals surface area contributed by atoms with Crippen LogP contribution in [0.2, 0.25) is 0 Å². The Balaban J connectivity index is 1.40. The topological polar surface area (TPSA) is 37.7 Å². The highest BCUT2D eigenvalue weighted by molar-refractivity contribution is 9.10. The summed E-state index contributed by atoms with van der Waals surface area (Å²) >= 11 is 3.48. The number of benzene rings is 3. The Morgan fingerprint density at radius 2 is 1.71 bits per heavy atom. The normalized spacial score (nSPS) is 14.6. The van der Waals surface area contributed by atoms with Crippen molar-refractivity contribution >= 4 is 43.6 Å². The van der Waals surface area contributed by atoms with E-state index >= 15 is 0 Å². The lowest BCUT2D eigenvalue weighted by Crippen LogP contribution is -2.39. The Hall–Kier alpha value is -2.67. The summed E-state index contributed by atoms with van der Waals surface area (Å²) in [5, 5.41) is 2.52. The van der Waals surface area contributed by atoms with Gasteiger partial charge in [0.25, 0.3) is 5.91 Å². The fraction of sp³-hybridized carbons (Fsp3) is 0.345. The summed E-state index contributed by atoms with van der Waals surface area (Å²) in [6, 6.07) is 22.9. The molecule has 6 heteroatoms. The molecule has 0 unspecified atom stereocenters. The van der Waals surface area contributed by atoms with Crippen LogP contribution in [-0.2, 0) is 17.8 Å². The smallest absolute Gasteiger partial charge is 0.254 e. The summed E-state index contributed by atoms with van der Waals surface area (Å²) in [6.45, 7) is 8.96. The molecule has 3 aromatic carbocycles. The van der Waals surface area contributed by atoms with Crippen LogP contribution in [0.25, 0.3) is 21.8 Å². The number of aromatic nitrogens is 1. The minimum Gasteiger partial charge on any atom is -0.379 e. The number of ether oxygens (including phenoxy) is 1. The van der Waals surface area contributed by atoms with Crippen molar-refractivity contribution in [2.45, 2.75) is 26.4 Å². The zero-order valence-corrected chi connectivity index (χ0v) is 21.8. The van der Waals surface area contributed by atoms with E-state index in [0.717, 1.165) is 68.0 Å². The van der Waals surface area contributed by atoms with Crippen LogP contribution in [0.15, 0.2) is 71.2 Å². The van der Waals surface area contributed by atoms with Gasteiger partial charge in [0, 0.05) is 71.1 Å². The third kappa shape index (κ3) is 5.30. The molecule has 1 fully saturated rings. The van der Waals surface area contributed by atoms with Gasteiger partial charge in [-0.3, -0.25) is 9.69 Å². The van der Waals surface area contributed by atoms with Crippen LogP contribution in [0, 0.1) is 0 Å². The maximum Gasteiger partial charge on any atom is 0.254 e. The van der Waals surface area contributed by atoms with E-state index in [0.29, 0.717) is 6.54 Å². The molecule has 35 heavy (non-hydrogen) atoms. The molecular formula is C29H32BrN3O2. The lowest BCUT2D eigenvalue weighted by Gasteiger charge is -2.28. The maximum atomic E-state index is 13.5. The molecule has 0 spiro atoms. The van der Waals surface area contributed by atoms with Crippen molar-refractivity contribution in [3.8, 4) is 0 Å². The first-order chi connectivity index (χ1) is 17.1. The standard InChI is InChI=1S/C29H32BrN3O2/c1-2-33-27-7-4-3-6-25(27)26-20-22(8-13-28(26)33)21-32(15-5-14-31-16-18-35-19-17-31)29(34)23-9-11-24(30)12-10-23/h3-4,6-13,20H,2,5,14-19,21H2,1H3. The zero-order chi connectivity index (χ0) is 24.2. The van der Waals surface area contributed by atoms with Gasteiger partial charge in [0.2, 0.25) is 0 Å². The number of morpholine rings is 1. The molecule has 2 heterocycles. The van der Waals surface area contributed by atoms with Gasteiger partial charge >= 0.3 is 0 Å². The number of halogens is 1. The molecule has 0 atom stereocenters. The van der Waals surface area contributed by atoms with Gasteiger partial charge in [0.15, 0.2) is 0 Å². The summed E-state index contributed by atoms with van der Waals surface area (Å²) in [5.74, 6) is 0.0792. The van der Waals surface area contributed by atoms with Crippen LogP contribution in [-0.4, -0.2) is 59.7 Å². The first-order valence-corrected chi connectivity index (χ1v) is 13.3. The van der Waals surface area contributed by atoms with Crippen molar-refractivity contribution in [1.29, 1.82) is 0 Å². The molecule has 5 rings (SSSR count). The quantitative estimate of drug-likeness (QED) is 0.281. The lowest BCUT2D eigenvalue weighted by atomic mass is 10.1. The van der Waals surface area contributed by atoms with E-state index in [-0.39, 0.29) is 5.91 Å². The summed E-state index contributed by atoms with van der Waals surface area (Å²) in [5.41, 5.74) is 4.39. The van der Waals surface area contributed by atoms with Crippen molar-refractivity contribution in [3.05, 3.63) is 82.3 Å². The number of carbonyl (C=O) groups excluding carboxylic acids is 1. The molecule has 1 aliphatic heterocycles. The molecule has 0 radical (unpaired) electrons. The van der Waals surface area contributed by atoms with Gasteiger partial charge in [-0.25, -0.2) is 0 Å². The van der Waals surface area contributed by atoms with E-state index < -0.39 is 0 Å². The maximum absolute atomic E-state index is 13.5. The lowest BCUT2D eigenvalue weighted by molar-refractivity contribution is 0.0355. The summed E-state index contributed by atoms with van der Waals surface area (Å²) in [4.78, 5) is 18.0. The van der Waals surface area contributed by atoms with Crippen molar-refractivity contribution in [2.75, 3.05) is 39.4 Å². The zero-order valence-electron chi connectivity index (χ0n) is 20.3. The van der Waals surface area contributed by atoms with E-state index in [2.05, 4.69) is 74.8 Å². The number of fused-ring (bicyclic) bond motifs is 3. The second-order valence-corrected chi connectivity index (χ2v) is 10.1. The van der Waals surface area contributed by atoms with Crippen LogP contribution in [0.5, 0.6) is 0 Å². The predicted octanol–water partition coefficient (Wildman–Crippen LogP) is 5.94. The minimum absolute atomic E-state index is 0.0792. The highest BCUT2D eigenvalue weighted by atomic mass is 79.9. The monoisotopic (exact) mass is 533 g/mol. The van der Waals surface area contributed by atoms with Gasteiger partial charge in [-0.15, -0.1) is 0 Å². The molecule has 1 aliphatic rings. The SMILES string of the molecule is CCn1c2ccccc2c2cc(CN(CCCN3CCOCC3)C(=O)c3ccc(Br)cc3)ccc21. The molecule has 0 saturated carbocycles. The summed E-state index contributed by atoms with van der Waals surface area (Å²) < 4.78 is 8.82. The second kappa shape index (κ2) is 10.9. The molecule has 5 nitrogen and oxygen atoms in total. The highest BCUT2D eigenvalue weighted by Gasteiger charge is 2.18. The Kier molecular flexibility index (Phi) is 7.51. The molecule has 0 aliphatic carbocycles.